The lowest BCUT2D eigenvalue weighted by Gasteiger charge is -2.19. The summed E-state index contributed by atoms with van der Waals surface area (Å²) < 4.78 is 21.0. The van der Waals surface area contributed by atoms with Gasteiger partial charge in [-0.05, 0) is 47.7 Å². The van der Waals surface area contributed by atoms with Gasteiger partial charge in [0, 0.05) is 31.4 Å². The van der Waals surface area contributed by atoms with Crippen LogP contribution in [0.1, 0.15) is 6.92 Å². The first-order valence-electron chi connectivity index (χ1n) is 8.77. The number of benzene rings is 1. The number of rotatable bonds is 4. The quantitative estimate of drug-likeness (QED) is 0.708. The molecule has 0 bridgehead atoms. The number of aliphatic hydroxyl groups is 1. The molecule has 1 N–H and O–H groups in total. The molecule has 10 nitrogen and oxygen atoms in total. The smallest absolute Gasteiger partial charge is 0.417 e. The van der Waals surface area contributed by atoms with E-state index >= 15 is 0 Å². The Bertz CT molecular complexity index is 1060. The van der Waals surface area contributed by atoms with Crippen LogP contribution in [-0.4, -0.2) is 55.8 Å². The zero-order valence-electron chi connectivity index (χ0n) is 15.9. The number of pyridine rings is 1. The van der Waals surface area contributed by atoms with Gasteiger partial charge in [-0.15, -0.1) is 0 Å². The molecule has 1 aliphatic heterocycles. The highest BCUT2D eigenvalue weighted by Crippen LogP contribution is 2.31. The Morgan fingerprint density at radius 3 is 2.62 bits per heavy atom. The molecule has 4 rings (SSSR count). The molecular formula is C18H18FN7O3. The van der Waals surface area contributed by atoms with E-state index in [4.69, 9.17) is 4.74 Å². The van der Waals surface area contributed by atoms with E-state index < -0.39 is 24.2 Å². The molecule has 150 valence electrons. The van der Waals surface area contributed by atoms with Gasteiger partial charge in [-0.3, -0.25) is 9.80 Å². The van der Waals surface area contributed by atoms with Crippen LogP contribution in [0.4, 0.5) is 26.6 Å². The highest BCUT2D eigenvalue weighted by atomic mass is 19.1. The molecule has 3 aromatic rings. The zero-order chi connectivity index (χ0) is 20.7. The van der Waals surface area contributed by atoms with Crippen molar-refractivity contribution in [3.63, 3.8) is 0 Å². The summed E-state index contributed by atoms with van der Waals surface area (Å²) >= 11 is 0. The SMILES string of the molecule is C[C@@H]1C(O)OC(=O)N1c1ccc(-c2ccc(N(C)c3nnnn3C)nc2)c(F)c1. The number of ether oxygens (including phenoxy) is 1. The van der Waals surface area contributed by atoms with E-state index in [2.05, 4.69) is 20.5 Å². The third-order valence-corrected chi connectivity index (χ3v) is 4.77. The van der Waals surface area contributed by atoms with Gasteiger partial charge in [0.2, 0.25) is 6.29 Å². The van der Waals surface area contributed by atoms with Crippen LogP contribution in [0.3, 0.4) is 0 Å². The summed E-state index contributed by atoms with van der Waals surface area (Å²) in [5.41, 5.74) is 1.20. The summed E-state index contributed by atoms with van der Waals surface area (Å²) in [6.07, 6.45) is -0.419. The number of hydrogen-bond acceptors (Lipinski definition) is 8. The highest BCUT2D eigenvalue weighted by molar-refractivity contribution is 5.90. The number of aromatic nitrogens is 5. The van der Waals surface area contributed by atoms with Crippen LogP contribution in [0.2, 0.25) is 0 Å². The topological polar surface area (TPSA) is 110 Å². The number of anilines is 3. The average Bonchev–Trinajstić information content (AvgIpc) is 3.24. The maximum atomic E-state index is 14.8. The zero-order valence-corrected chi connectivity index (χ0v) is 15.9. The molecule has 11 heteroatoms. The number of carbonyl (C=O) groups excluding carboxylic acids is 1. The van der Waals surface area contributed by atoms with Crippen molar-refractivity contribution in [3.8, 4) is 11.1 Å². The van der Waals surface area contributed by atoms with E-state index in [9.17, 15) is 14.3 Å². The van der Waals surface area contributed by atoms with Crippen LogP contribution in [0, 0.1) is 5.82 Å². The fraction of sp³-hybridized carbons (Fsp3) is 0.278. The Labute approximate surface area is 165 Å². The molecule has 1 unspecified atom stereocenters. The normalized spacial score (nSPS) is 18.8. The third kappa shape index (κ3) is 3.25. The first kappa shape index (κ1) is 18.7. The maximum Gasteiger partial charge on any atom is 0.417 e. The summed E-state index contributed by atoms with van der Waals surface area (Å²) in [7, 11) is 3.49. The van der Waals surface area contributed by atoms with Crippen molar-refractivity contribution in [2.24, 2.45) is 7.05 Å². The summed E-state index contributed by atoms with van der Waals surface area (Å²) in [5, 5.41) is 20.9. The van der Waals surface area contributed by atoms with Crippen molar-refractivity contribution in [2.45, 2.75) is 19.3 Å². The average molecular weight is 399 g/mol. The van der Waals surface area contributed by atoms with Gasteiger partial charge in [-0.1, -0.05) is 5.10 Å². The Morgan fingerprint density at radius 2 is 2.07 bits per heavy atom. The van der Waals surface area contributed by atoms with Crippen molar-refractivity contribution in [2.75, 3.05) is 16.8 Å². The number of tetrazole rings is 1. The van der Waals surface area contributed by atoms with Crippen molar-refractivity contribution < 1.29 is 19.0 Å². The summed E-state index contributed by atoms with van der Waals surface area (Å²) in [5.74, 6) is 0.574. The van der Waals surface area contributed by atoms with Gasteiger partial charge in [0.15, 0.2) is 0 Å². The minimum atomic E-state index is -1.25. The minimum absolute atomic E-state index is 0.305. The van der Waals surface area contributed by atoms with Gasteiger partial charge in [-0.25, -0.2) is 18.9 Å². The van der Waals surface area contributed by atoms with Crippen molar-refractivity contribution >= 4 is 23.5 Å². The Balaban J connectivity index is 1.59. The number of aliphatic hydroxyl groups excluding tert-OH is 1. The lowest BCUT2D eigenvalue weighted by molar-refractivity contribution is -0.0312. The second-order valence-electron chi connectivity index (χ2n) is 6.62. The number of nitrogens with zero attached hydrogens (tertiary/aromatic N) is 7. The molecule has 0 radical (unpaired) electrons. The monoisotopic (exact) mass is 399 g/mol. The third-order valence-electron chi connectivity index (χ3n) is 4.77. The molecule has 29 heavy (non-hydrogen) atoms. The van der Waals surface area contributed by atoms with E-state index in [-0.39, 0.29) is 0 Å². The molecule has 1 aromatic carbocycles. The summed E-state index contributed by atoms with van der Waals surface area (Å²) in [4.78, 5) is 19.1. The van der Waals surface area contributed by atoms with E-state index in [0.29, 0.717) is 28.6 Å². The Morgan fingerprint density at radius 1 is 1.28 bits per heavy atom. The van der Waals surface area contributed by atoms with E-state index in [1.165, 1.54) is 15.6 Å². The second kappa shape index (κ2) is 7.09. The predicted octanol–water partition coefficient (Wildman–Crippen LogP) is 1.84. The molecule has 3 heterocycles. The van der Waals surface area contributed by atoms with Crippen molar-refractivity contribution in [3.05, 3.63) is 42.3 Å². The van der Waals surface area contributed by atoms with Crippen LogP contribution in [0.15, 0.2) is 36.5 Å². The molecule has 0 saturated carbocycles. The van der Waals surface area contributed by atoms with Crippen molar-refractivity contribution in [1.29, 1.82) is 0 Å². The minimum Gasteiger partial charge on any atom is -0.417 e. The van der Waals surface area contributed by atoms with Gasteiger partial charge >= 0.3 is 6.09 Å². The van der Waals surface area contributed by atoms with Crippen molar-refractivity contribution in [1.82, 2.24) is 25.2 Å². The van der Waals surface area contributed by atoms with Gasteiger partial charge in [0.05, 0.1) is 11.7 Å². The molecule has 2 atom stereocenters. The van der Waals surface area contributed by atoms with Crippen LogP contribution in [0.25, 0.3) is 11.1 Å². The van der Waals surface area contributed by atoms with E-state index in [1.807, 2.05) is 0 Å². The molecule has 2 aromatic heterocycles. The summed E-state index contributed by atoms with van der Waals surface area (Å²) in [6.45, 7) is 1.62. The lowest BCUT2D eigenvalue weighted by Crippen LogP contribution is -2.33. The first-order chi connectivity index (χ1) is 13.9. The second-order valence-corrected chi connectivity index (χ2v) is 6.62. The Kier molecular flexibility index (Phi) is 4.59. The molecule has 1 saturated heterocycles. The van der Waals surface area contributed by atoms with E-state index in [0.717, 1.165) is 0 Å². The number of aryl methyl sites for hydroxylation is 1. The molecular weight excluding hydrogens is 381 g/mol. The van der Waals surface area contributed by atoms with Crippen LogP contribution in [0.5, 0.6) is 0 Å². The molecule has 0 aliphatic carbocycles. The van der Waals surface area contributed by atoms with Gasteiger partial charge < -0.3 is 9.84 Å². The van der Waals surface area contributed by atoms with Gasteiger partial charge in [0.25, 0.3) is 5.95 Å². The molecule has 1 fully saturated rings. The number of carbonyl (C=O) groups is 1. The van der Waals surface area contributed by atoms with E-state index in [1.54, 1.807) is 56.4 Å². The lowest BCUT2D eigenvalue weighted by atomic mass is 10.1. The van der Waals surface area contributed by atoms with Gasteiger partial charge in [-0.2, -0.15) is 0 Å². The highest BCUT2D eigenvalue weighted by Gasteiger charge is 2.38. The predicted molar refractivity (Wildman–Crippen MR) is 101 cm³/mol. The fourth-order valence-corrected chi connectivity index (χ4v) is 3.14. The van der Waals surface area contributed by atoms with Crippen LogP contribution in [-0.2, 0) is 11.8 Å². The number of hydrogen-bond donors (Lipinski definition) is 1. The van der Waals surface area contributed by atoms with Crippen LogP contribution >= 0.6 is 0 Å². The Hall–Kier alpha value is -3.60. The first-order valence-corrected chi connectivity index (χ1v) is 8.77. The van der Waals surface area contributed by atoms with Crippen LogP contribution < -0.4 is 9.80 Å². The standard InChI is InChI=1S/C18H18FN7O3/c1-10-16(27)29-18(28)26(10)12-5-6-13(14(19)8-12)11-4-7-15(20-9-11)24(2)17-21-22-23-25(17)3/h4-10,16,27H,1-3H3/t10-,16?/m1/s1. The number of cyclic esters (lactones) is 1. The molecule has 1 aliphatic rings. The molecule has 1 amide bonds. The fourth-order valence-electron chi connectivity index (χ4n) is 3.14. The summed E-state index contributed by atoms with van der Waals surface area (Å²) in [6, 6.07) is 7.24. The largest absolute Gasteiger partial charge is 0.417 e. The maximum absolute atomic E-state index is 14.8. The van der Waals surface area contributed by atoms with Gasteiger partial charge in [0.1, 0.15) is 11.6 Å². The molecule has 0 spiro atoms. The number of amides is 1. The number of halogens is 1.